The number of halogens is 1. The molecule has 0 heterocycles. The number of ether oxygens (including phenoxy) is 1. The van der Waals surface area contributed by atoms with Gasteiger partial charge in [-0.05, 0) is 37.5 Å². The summed E-state index contributed by atoms with van der Waals surface area (Å²) in [6.45, 7) is 5.58. The quantitative estimate of drug-likeness (QED) is 0.871. The molecule has 0 bridgehead atoms. The number of rotatable bonds is 3. The number of anilines is 1. The molecular formula is C12H17ClN2O2. The number of hydrogen-bond donors (Lipinski definition) is 2. The van der Waals surface area contributed by atoms with Crippen molar-refractivity contribution in [3.05, 3.63) is 21.7 Å². The number of hydrogen-bond acceptors (Lipinski definition) is 3. The van der Waals surface area contributed by atoms with E-state index < -0.39 is 0 Å². The summed E-state index contributed by atoms with van der Waals surface area (Å²) >= 11 is 6.21. The van der Waals surface area contributed by atoms with Gasteiger partial charge < -0.3 is 15.8 Å². The van der Waals surface area contributed by atoms with Crippen LogP contribution in [-0.4, -0.2) is 19.6 Å². The molecular weight excluding hydrogens is 240 g/mol. The molecule has 0 unspecified atom stereocenters. The van der Waals surface area contributed by atoms with E-state index in [2.05, 4.69) is 5.32 Å². The summed E-state index contributed by atoms with van der Waals surface area (Å²) in [6, 6.07) is 0. The van der Waals surface area contributed by atoms with E-state index >= 15 is 0 Å². The average Bonchev–Trinajstić information content (AvgIpc) is 2.33. The number of carbonyl (C=O) groups excluding carboxylic acids is 1. The fraction of sp³-hybridized carbons (Fsp3) is 0.417. The van der Waals surface area contributed by atoms with E-state index in [-0.39, 0.29) is 12.5 Å². The molecule has 17 heavy (non-hydrogen) atoms. The molecule has 1 rings (SSSR count). The third-order valence-electron chi connectivity index (χ3n) is 2.82. The number of nitrogens with two attached hydrogens (primary N) is 1. The van der Waals surface area contributed by atoms with Gasteiger partial charge in [0.05, 0.1) is 19.3 Å². The zero-order valence-corrected chi connectivity index (χ0v) is 11.2. The van der Waals surface area contributed by atoms with Gasteiger partial charge in [-0.2, -0.15) is 0 Å². The van der Waals surface area contributed by atoms with E-state index in [0.29, 0.717) is 16.5 Å². The summed E-state index contributed by atoms with van der Waals surface area (Å²) < 4.78 is 5.32. The van der Waals surface area contributed by atoms with Crippen LogP contribution in [0.15, 0.2) is 0 Å². The Kier molecular flexibility index (Phi) is 4.37. The Morgan fingerprint density at radius 1 is 1.29 bits per heavy atom. The molecule has 0 atom stereocenters. The standard InChI is InChI=1S/C12H17ClN2O2/c1-6-7(2)12(17-4)11(8(3)10(6)13)15-9(16)5-14/h5,14H2,1-4H3,(H,15,16). The minimum absolute atomic E-state index is 0.0763. The van der Waals surface area contributed by atoms with Crippen LogP contribution in [0.5, 0.6) is 5.75 Å². The maximum Gasteiger partial charge on any atom is 0.238 e. The normalized spacial score (nSPS) is 10.2. The third-order valence-corrected chi connectivity index (χ3v) is 3.38. The topological polar surface area (TPSA) is 64.3 Å². The Hall–Kier alpha value is -1.26. The molecule has 1 aromatic rings. The van der Waals surface area contributed by atoms with Crippen LogP contribution in [0, 0.1) is 20.8 Å². The highest BCUT2D eigenvalue weighted by molar-refractivity contribution is 6.32. The minimum atomic E-state index is -0.272. The van der Waals surface area contributed by atoms with Gasteiger partial charge in [-0.25, -0.2) is 0 Å². The van der Waals surface area contributed by atoms with Crippen LogP contribution in [-0.2, 0) is 4.79 Å². The lowest BCUT2D eigenvalue weighted by Crippen LogP contribution is -2.23. The second-order valence-electron chi connectivity index (χ2n) is 3.85. The Morgan fingerprint density at radius 3 is 2.35 bits per heavy atom. The largest absolute Gasteiger partial charge is 0.494 e. The Balaban J connectivity index is 3.41. The lowest BCUT2D eigenvalue weighted by atomic mass is 10.0. The van der Waals surface area contributed by atoms with Crippen molar-refractivity contribution in [3.8, 4) is 5.75 Å². The summed E-state index contributed by atoms with van der Waals surface area (Å²) in [6.07, 6.45) is 0. The highest BCUT2D eigenvalue weighted by atomic mass is 35.5. The van der Waals surface area contributed by atoms with E-state index in [4.69, 9.17) is 22.1 Å². The first-order valence-corrected chi connectivity index (χ1v) is 5.65. The summed E-state index contributed by atoms with van der Waals surface area (Å²) in [5.41, 5.74) is 8.52. The van der Waals surface area contributed by atoms with E-state index in [1.165, 1.54) is 0 Å². The van der Waals surface area contributed by atoms with Crippen molar-refractivity contribution < 1.29 is 9.53 Å². The summed E-state index contributed by atoms with van der Waals surface area (Å²) in [5, 5.41) is 3.35. The molecule has 5 heteroatoms. The number of amides is 1. The monoisotopic (exact) mass is 256 g/mol. The van der Waals surface area contributed by atoms with Crippen molar-refractivity contribution in [3.63, 3.8) is 0 Å². The summed E-state index contributed by atoms with van der Waals surface area (Å²) in [7, 11) is 1.56. The van der Waals surface area contributed by atoms with Gasteiger partial charge in [-0.3, -0.25) is 4.79 Å². The number of carbonyl (C=O) groups is 1. The SMILES string of the molecule is COc1c(C)c(C)c(Cl)c(C)c1NC(=O)CN. The second-order valence-corrected chi connectivity index (χ2v) is 4.23. The fourth-order valence-electron chi connectivity index (χ4n) is 1.68. The first kappa shape index (κ1) is 13.8. The predicted molar refractivity (Wildman–Crippen MR) is 69.9 cm³/mol. The second kappa shape index (κ2) is 5.38. The van der Waals surface area contributed by atoms with E-state index in [1.807, 2.05) is 20.8 Å². The molecule has 4 nitrogen and oxygen atoms in total. The molecule has 0 radical (unpaired) electrons. The highest BCUT2D eigenvalue weighted by Crippen LogP contribution is 2.39. The smallest absolute Gasteiger partial charge is 0.238 e. The van der Waals surface area contributed by atoms with Crippen molar-refractivity contribution in [2.24, 2.45) is 5.73 Å². The highest BCUT2D eigenvalue weighted by Gasteiger charge is 2.18. The zero-order chi connectivity index (χ0) is 13.2. The molecule has 0 aliphatic heterocycles. The van der Waals surface area contributed by atoms with E-state index in [0.717, 1.165) is 16.7 Å². The van der Waals surface area contributed by atoms with Gasteiger partial charge in [0, 0.05) is 5.02 Å². The Bertz CT molecular complexity index is 459. The molecule has 1 amide bonds. The van der Waals surface area contributed by atoms with Crippen LogP contribution < -0.4 is 15.8 Å². The molecule has 0 saturated heterocycles. The summed E-state index contributed by atoms with van der Waals surface area (Å²) in [4.78, 5) is 11.4. The van der Waals surface area contributed by atoms with E-state index in [9.17, 15) is 4.79 Å². The first-order chi connectivity index (χ1) is 7.93. The van der Waals surface area contributed by atoms with Gasteiger partial charge in [-0.1, -0.05) is 11.6 Å². The van der Waals surface area contributed by atoms with Crippen molar-refractivity contribution >= 4 is 23.2 Å². The molecule has 0 spiro atoms. The molecule has 0 aliphatic rings. The van der Waals surface area contributed by atoms with Gasteiger partial charge >= 0.3 is 0 Å². The average molecular weight is 257 g/mol. The first-order valence-electron chi connectivity index (χ1n) is 5.27. The van der Waals surface area contributed by atoms with E-state index in [1.54, 1.807) is 7.11 Å². The van der Waals surface area contributed by atoms with Crippen molar-refractivity contribution in [1.82, 2.24) is 0 Å². The molecule has 0 aromatic heterocycles. The Morgan fingerprint density at radius 2 is 1.88 bits per heavy atom. The molecule has 0 saturated carbocycles. The molecule has 94 valence electrons. The zero-order valence-electron chi connectivity index (χ0n) is 10.5. The number of methoxy groups -OCH3 is 1. The van der Waals surface area contributed by atoms with Crippen molar-refractivity contribution in [1.29, 1.82) is 0 Å². The van der Waals surface area contributed by atoms with Crippen LogP contribution in [0.3, 0.4) is 0 Å². The molecule has 0 fully saturated rings. The predicted octanol–water partition coefficient (Wildman–Crippen LogP) is 2.17. The maximum absolute atomic E-state index is 11.4. The van der Waals surface area contributed by atoms with Crippen LogP contribution in [0.25, 0.3) is 0 Å². The summed E-state index contributed by atoms with van der Waals surface area (Å²) in [5.74, 6) is 0.358. The molecule has 1 aromatic carbocycles. The van der Waals surface area contributed by atoms with Crippen LogP contribution in [0.1, 0.15) is 16.7 Å². The van der Waals surface area contributed by atoms with Gasteiger partial charge in [0.2, 0.25) is 5.91 Å². The number of benzene rings is 1. The third kappa shape index (κ3) is 2.53. The maximum atomic E-state index is 11.4. The van der Waals surface area contributed by atoms with Gasteiger partial charge in [0.25, 0.3) is 0 Å². The lowest BCUT2D eigenvalue weighted by Gasteiger charge is -2.18. The molecule has 0 aliphatic carbocycles. The number of nitrogens with one attached hydrogen (secondary N) is 1. The fourth-order valence-corrected chi connectivity index (χ4v) is 1.92. The molecule has 3 N–H and O–H groups in total. The van der Waals surface area contributed by atoms with Crippen LogP contribution in [0.4, 0.5) is 5.69 Å². The Labute approximate surface area is 106 Å². The van der Waals surface area contributed by atoms with Gasteiger partial charge in [0.1, 0.15) is 5.75 Å². The van der Waals surface area contributed by atoms with Crippen LogP contribution >= 0.6 is 11.6 Å². The lowest BCUT2D eigenvalue weighted by molar-refractivity contribution is -0.114. The minimum Gasteiger partial charge on any atom is -0.494 e. The van der Waals surface area contributed by atoms with Crippen LogP contribution in [0.2, 0.25) is 5.02 Å². The van der Waals surface area contributed by atoms with Gasteiger partial charge in [-0.15, -0.1) is 0 Å². The van der Waals surface area contributed by atoms with Gasteiger partial charge in [0.15, 0.2) is 0 Å². The van der Waals surface area contributed by atoms with Crippen molar-refractivity contribution in [2.45, 2.75) is 20.8 Å². The van der Waals surface area contributed by atoms with Crippen molar-refractivity contribution in [2.75, 3.05) is 19.0 Å².